The number of carbonyl (C=O) groups is 2. The SMILES string of the molecule is C=C(C)COC(=O)C1(C)CCCCC1=O. The maximum atomic E-state index is 11.8. The second-order valence-electron chi connectivity index (χ2n) is 4.50. The summed E-state index contributed by atoms with van der Waals surface area (Å²) in [7, 11) is 0. The smallest absolute Gasteiger partial charge is 0.319 e. The topological polar surface area (TPSA) is 43.4 Å². The summed E-state index contributed by atoms with van der Waals surface area (Å²) in [5, 5.41) is 0. The number of hydrogen-bond acceptors (Lipinski definition) is 3. The first-order chi connectivity index (χ1) is 6.97. The van der Waals surface area contributed by atoms with E-state index in [-0.39, 0.29) is 12.4 Å². The van der Waals surface area contributed by atoms with Gasteiger partial charge in [0.2, 0.25) is 0 Å². The molecule has 0 bridgehead atoms. The number of ketones is 1. The van der Waals surface area contributed by atoms with Crippen molar-refractivity contribution in [2.75, 3.05) is 6.61 Å². The fourth-order valence-corrected chi connectivity index (χ4v) is 1.74. The Morgan fingerprint density at radius 2 is 2.20 bits per heavy atom. The van der Waals surface area contributed by atoms with Crippen LogP contribution in [-0.2, 0) is 14.3 Å². The monoisotopic (exact) mass is 210 g/mol. The lowest BCUT2D eigenvalue weighted by Crippen LogP contribution is -2.40. The van der Waals surface area contributed by atoms with E-state index in [4.69, 9.17) is 4.74 Å². The zero-order chi connectivity index (χ0) is 11.5. The zero-order valence-corrected chi connectivity index (χ0v) is 9.47. The second kappa shape index (κ2) is 4.60. The van der Waals surface area contributed by atoms with Crippen LogP contribution in [0.25, 0.3) is 0 Å². The van der Waals surface area contributed by atoms with Gasteiger partial charge in [-0.25, -0.2) is 0 Å². The van der Waals surface area contributed by atoms with E-state index in [1.54, 1.807) is 13.8 Å². The zero-order valence-electron chi connectivity index (χ0n) is 9.47. The molecule has 84 valence electrons. The van der Waals surface area contributed by atoms with Gasteiger partial charge in [0.05, 0.1) is 0 Å². The summed E-state index contributed by atoms with van der Waals surface area (Å²) >= 11 is 0. The van der Waals surface area contributed by atoms with Crippen molar-refractivity contribution in [3.05, 3.63) is 12.2 Å². The van der Waals surface area contributed by atoms with Crippen LogP contribution < -0.4 is 0 Å². The summed E-state index contributed by atoms with van der Waals surface area (Å²) in [6, 6.07) is 0. The molecule has 15 heavy (non-hydrogen) atoms. The van der Waals surface area contributed by atoms with E-state index in [0.29, 0.717) is 12.8 Å². The fraction of sp³-hybridized carbons (Fsp3) is 0.667. The lowest BCUT2D eigenvalue weighted by Gasteiger charge is -2.29. The molecule has 0 aromatic carbocycles. The molecule has 3 nitrogen and oxygen atoms in total. The Hall–Kier alpha value is -1.12. The predicted molar refractivity (Wildman–Crippen MR) is 57.4 cm³/mol. The van der Waals surface area contributed by atoms with E-state index in [1.807, 2.05) is 0 Å². The van der Waals surface area contributed by atoms with E-state index in [9.17, 15) is 9.59 Å². The van der Waals surface area contributed by atoms with Crippen molar-refractivity contribution < 1.29 is 14.3 Å². The summed E-state index contributed by atoms with van der Waals surface area (Å²) in [5.74, 6) is -0.379. The summed E-state index contributed by atoms with van der Waals surface area (Å²) in [4.78, 5) is 23.4. The van der Waals surface area contributed by atoms with Crippen LogP contribution in [0.1, 0.15) is 39.5 Å². The molecule has 0 amide bonds. The van der Waals surface area contributed by atoms with Gasteiger partial charge in [-0.1, -0.05) is 13.0 Å². The number of rotatable bonds is 3. The number of ether oxygens (including phenoxy) is 1. The normalized spacial score (nSPS) is 26.1. The number of hydrogen-bond donors (Lipinski definition) is 0. The average molecular weight is 210 g/mol. The van der Waals surface area contributed by atoms with Crippen molar-refractivity contribution in [2.45, 2.75) is 39.5 Å². The quantitative estimate of drug-likeness (QED) is 0.407. The predicted octanol–water partition coefficient (Wildman–Crippen LogP) is 2.26. The Kier molecular flexibility index (Phi) is 3.66. The minimum atomic E-state index is -0.909. The molecule has 0 aromatic heterocycles. The highest BCUT2D eigenvalue weighted by Gasteiger charge is 2.43. The van der Waals surface area contributed by atoms with Gasteiger partial charge >= 0.3 is 5.97 Å². The van der Waals surface area contributed by atoms with E-state index < -0.39 is 11.4 Å². The van der Waals surface area contributed by atoms with Gasteiger partial charge in [0.1, 0.15) is 17.8 Å². The Bertz CT molecular complexity index is 293. The van der Waals surface area contributed by atoms with Crippen molar-refractivity contribution in [1.82, 2.24) is 0 Å². The minimum Gasteiger partial charge on any atom is -0.460 e. The summed E-state index contributed by atoms with van der Waals surface area (Å²) in [6.07, 6.45) is 2.92. The molecule has 1 fully saturated rings. The first-order valence-electron chi connectivity index (χ1n) is 5.32. The van der Waals surface area contributed by atoms with E-state index in [0.717, 1.165) is 18.4 Å². The summed E-state index contributed by atoms with van der Waals surface area (Å²) in [5.41, 5.74) is -0.122. The molecule has 0 saturated heterocycles. The number of Topliss-reactive ketones (excluding diaryl/α,β-unsaturated/α-hetero) is 1. The third-order valence-corrected chi connectivity index (χ3v) is 2.85. The van der Waals surface area contributed by atoms with Crippen molar-refractivity contribution in [2.24, 2.45) is 5.41 Å². The van der Waals surface area contributed by atoms with Crippen molar-refractivity contribution >= 4 is 11.8 Å². The van der Waals surface area contributed by atoms with Gasteiger partial charge in [-0.3, -0.25) is 9.59 Å². The molecule has 0 aliphatic heterocycles. The highest BCUT2D eigenvalue weighted by molar-refractivity contribution is 6.03. The van der Waals surface area contributed by atoms with Gasteiger partial charge in [0.15, 0.2) is 0 Å². The molecule has 1 unspecified atom stereocenters. The van der Waals surface area contributed by atoms with Gasteiger partial charge in [-0.2, -0.15) is 0 Å². The van der Waals surface area contributed by atoms with Crippen LogP contribution in [0, 0.1) is 5.41 Å². The van der Waals surface area contributed by atoms with Gasteiger partial charge in [0.25, 0.3) is 0 Å². The molecule has 0 aromatic rings. The van der Waals surface area contributed by atoms with Gasteiger partial charge in [-0.05, 0) is 32.3 Å². The summed E-state index contributed by atoms with van der Waals surface area (Å²) in [6.45, 7) is 7.34. The molecule has 1 aliphatic carbocycles. The highest BCUT2D eigenvalue weighted by Crippen LogP contribution is 2.33. The Morgan fingerprint density at radius 1 is 1.53 bits per heavy atom. The van der Waals surface area contributed by atoms with Crippen LogP contribution in [0.5, 0.6) is 0 Å². The largest absolute Gasteiger partial charge is 0.460 e. The molecule has 1 atom stereocenters. The standard InChI is InChI=1S/C12H18O3/c1-9(2)8-15-11(14)12(3)7-5-4-6-10(12)13/h1,4-8H2,2-3H3. The molecule has 0 N–H and O–H groups in total. The highest BCUT2D eigenvalue weighted by atomic mass is 16.5. The van der Waals surface area contributed by atoms with Crippen LogP contribution >= 0.6 is 0 Å². The number of carbonyl (C=O) groups excluding carboxylic acids is 2. The molecule has 0 heterocycles. The Morgan fingerprint density at radius 3 is 2.73 bits per heavy atom. The molecule has 3 heteroatoms. The lowest BCUT2D eigenvalue weighted by atomic mass is 9.74. The van der Waals surface area contributed by atoms with E-state index in [1.165, 1.54) is 0 Å². The average Bonchev–Trinajstić information content (AvgIpc) is 2.19. The maximum absolute atomic E-state index is 11.8. The van der Waals surface area contributed by atoms with Crippen LogP contribution in [0.2, 0.25) is 0 Å². The van der Waals surface area contributed by atoms with E-state index in [2.05, 4.69) is 6.58 Å². The molecular weight excluding hydrogens is 192 g/mol. The van der Waals surface area contributed by atoms with Gasteiger partial charge in [0, 0.05) is 6.42 Å². The Balaban J connectivity index is 2.63. The number of esters is 1. The van der Waals surface area contributed by atoms with Crippen molar-refractivity contribution in [3.8, 4) is 0 Å². The van der Waals surface area contributed by atoms with Crippen molar-refractivity contribution in [3.63, 3.8) is 0 Å². The lowest BCUT2D eigenvalue weighted by molar-refractivity contribution is -0.160. The molecular formula is C12H18O3. The first-order valence-corrected chi connectivity index (χ1v) is 5.32. The molecule has 0 radical (unpaired) electrons. The van der Waals surface area contributed by atoms with Gasteiger partial charge in [-0.15, -0.1) is 0 Å². The van der Waals surface area contributed by atoms with Crippen LogP contribution in [0.15, 0.2) is 12.2 Å². The summed E-state index contributed by atoms with van der Waals surface area (Å²) < 4.78 is 5.06. The fourth-order valence-electron chi connectivity index (χ4n) is 1.74. The second-order valence-corrected chi connectivity index (χ2v) is 4.50. The molecule has 1 rings (SSSR count). The minimum absolute atomic E-state index is 0.0143. The van der Waals surface area contributed by atoms with Crippen LogP contribution in [0.3, 0.4) is 0 Å². The van der Waals surface area contributed by atoms with E-state index >= 15 is 0 Å². The Labute approximate surface area is 90.5 Å². The maximum Gasteiger partial charge on any atom is 0.319 e. The van der Waals surface area contributed by atoms with Crippen LogP contribution in [-0.4, -0.2) is 18.4 Å². The van der Waals surface area contributed by atoms with Gasteiger partial charge < -0.3 is 4.74 Å². The molecule has 0 spiro atoms. The van der Waals surface area contributed by atoms with Crippen molar-refractivity contribution in [1.29, 1.82) is 0 Å². The molecule has 1 saturated carbocycles. The third kappa shape index (κ3) is 2.67. The van der Waals surface area contributed by atoms with Crippen LogP contribution in [0.4, 0.5) is 0 Å². The first kappa shape index (κ1) is 12.0. The molecule has 1 aliphatic rings. The third-order valence-electron chi connectivity index (χ3n) is 2.85.